The lowest BCUT2D eigenvalue weighted by Crippen LogP contribution is -2.49. The molecule has 1 fully saturated rings. The van der Waals surface area contributed by atoms with Crippen molar-refractivity contribution in [3.05, 3.63) is 65.7 Å². The average molecular weight is 403 g/mol. The number of aliphatic carboxylic acids is 1. The molecule has 0 radical (unpaired) electrons. The molecule has 28 heavy (non-hydrogen) atoms. The van der Waals surface area contributed by atoms with Crippen LogP contribution in [0.3, 0.4) is 0 Å². The van der Waals surface area contributed by atoms with Gasteiger partial charge in [0.2, 0.25) is 10.0 Å². The molecule has 6 nitrogen and oxygen atoms in total. The van der Waals surface area contributed by atoms with Crippen LogP contribution in [-0.4, -0.2) is 54.9 Å². The SMILES string of the molecule is Cc1ccc(S(=O)(=O)N2CCN([C@H](CCC(=O)O)c3ccccc3)CC2)cc1. The summed E-state index contributed by atoms with van der Waals surface area (Å²) >= 11 is 0. The van der Waals surface area contributed by atoms with Gasteiger partial charge in [-0.25, -0.2) is 8.42 Å². The van der Waals surface area contributed by atoms with Crippen LogP contribution < -0.4 is 0 Å². The van der Waals surface area contributed by atoms with Gasteiger partial charge in [-0.05, 0) is 31.0 Å². The molecule has 1 aliphatic rings. The zero-order valence-electron chi connectivity index (χ0n) is 16.0. The van der Waals surface area contributed by atoms with Gasteiger partial charge in [0.15, 0.2) is 0 Å². The molecule has 2 aromatic carbocycles. The summed E-state index contributed by atoms with van der Waals surface area (Å²) in [6, 6.07) is 16.7. The number of benzene rings is 2. The van der Waals surface area contributed by atoms with Crippen LogP contribution >= 0.6 is 0 Å². The third kappa shape index (κ3) is 4.79. The van der Waals surface area contributed by atoms with Crippen molar-refractivity contribution in [1.82, 2.24) is 9.21 Å². The highest BCUT2D eigenvalue weighted by molar-refractivity contribution is 7.89. The maximum Gasteiger partial charge on any atom is 0.303 e. The number of aryl methyl sites for hydroxylation is 1. The van der Waals surface area contributed by atoms with Crippen molar-refractivity contribution >= 4 is 16.0 Å². The number of sulfonamides is 1. The van der Waals surface area contributed by atoms with Crippen LogP contribution in [0.15, 0.2) is 59.5 Å². The first kappa shape index (κ1) is 20.5. The van der Waals surface area contributed by atoms with Crippen LogP contribution in [0.1, 0.15) is 30.0 Å². The lowest BCUT2D eigenvalue weighted by atomic mass is 9.99. The lowest BCUT2D eigenvalue weighted by Gasteiger charge is -2.39. The Labute approximate surface area is 166 Å². The minimum absolute atomic E-state index is 0.0264. The Kier molecular flexibility index (Phi) is 6.49. The van der Waals surface area contributed by atoms with Crippen molar-refractivity contribution in [2.24, 2.45) is 0 Å². The topological polar surface area (TPSA) is 77.9 Å². The van der Waals surface area contributed by atoms with Gasteiger partial charge in [0.25, 0.3) is 0 Å². The molecule has 1 saturated heterocycles. The number of hydrogen-bond acceptors (Lipinski definition) is 4. The van der Waals surface area contributed by atoms with Gasteiger partial charge in [0.1, 0.15) is 0 Å². The Bertz CT molecular complexity index is 890. The normalized spacial score (nSPS) is 17.3. The van der Waals surface area contributed by atoms with E-state index in [2.05, 4.69) is 4.90 Å². The molecule has 0 aromatic heterocycles. The lowest BCUT2D eigenvalue weighted by molar-refractivity contribution is -0.137. The molecule has 0 saturated carbocycles. The second kappa shape index (κ2) is 8.86. The average Bonchev–Trinajstić information content (AvgIpc) is 2.69. The standard InChI is InChI=1S/C21H26N2O4S/c1-17-7-9-19(10-8-17)28(26,27)23-15-13-22(14-16-23)20(11-12-21(24)25)18-5-3-2-4-6-18/h2-10,20H,11-16H2,1H3,(H,24,25)/t20-/m1/s1. The Morgan fingerprint density at radius 2 is 1.61 bits per heavy atom. The van der Waals surface area contributed by atoms with Crippen LogP contribution in [-0.2, 0) is 14.8 Å². The van der Waals surface area contributed by atoms with Crippen LogP contribution in [0.4, 0.5) is 0 Å². The van der Waals surface area contributed by atoms with Crippen molar-refractivity contribution in [3.8, 4) is 0 Å². The maximum absolute atomic E-state index is 12.9. The van der Waals surface area contributed by atoms with Crippen molar-refractivity contribution in [1.29, 1.82) is 0 Å². The van der Waals surface area contributed by atoms with E-state index in [-0.39, 0.29) is 12.5 Å². The molecule has 1 aliphatic heterocycles. The molecule has 1 atom stereocenters. The fraction of sp³-hybridized carbons (Fsp3) is 0.381. The summed E-state index contributed by atoms with van der Waals surface area (Å²) in [4.78, 5) is 13.6. The summed E-state index contributed by atoms with van der Waals surface area (Å²) in [6.07, 6.45) is 0.589. The number of hydrogen-bond donors (Lipinski definition) is 1. The molecular formula is C21H26N2O4S. The molecule has 3 rings (SSSR count). The molecule has 0 bridgehead atoms. The number of rotatable bonds is 7. The monoisotopic (exact) mass is 402 g/mol. The molecule has 150 valence electrons. The first-order chi connectivity index (χ1) is 13.4. The summed E-state index contributed by atoms with van der Waals surface area (Å²) < 4.78 is 27.3. The number of nitrogens with zero attached hydrogens (tertiary/aromatic N) is 2. The van der Waals surface area contributed by atoms with Crippen molar-refractivity contribution in [3.63, 3.8) is 0 Å². The summed E-state index contributed by atoms with van der Waals surface area (Å²) in [5.41, 5.74) is 2.09. The van der Waals surface area contributed by atoms with E-state index in [0.717, 1.165) is 11.1 Å². The van der Waals surface area contributed by atoms with E-state index in [9.17, 15) is 13.2 Å². The first-order valence-electron chi connectivity index (χ1n) is 9.45. The minimum Gasteiger partial charge on any atom is -0.481 e. The number of carboxylic acids is 1. The van der Waals surface area contributed by atoms with Crippen LogP contribution in [0.5, 0.6) is 0 Å². The van der Waals surface area contributed by atoms with Gasteiger partial charge in [0.05, 0.1) is 4.90 Å². The van der Waals surface area contributed by atoms with Gasteiger partial charge < -0.3 is 5.11 Å². The van der Waals surface area contributed by atoms with Gasteiger partial charge >= 0.3 is 5.97 Å². The third-order valence-corrected chi connectivity index (χ3v) is 7.10. The van der Waals surface area contributed by atoms with E-state index >= 15 is 0 Å². The molecule has 0 unspecified atom stereocenters. The van der Waals surface area contributed by atoms with E-state index in [1.165, 1.54) is 4.31 Å². The van der Waals surface area contributed by atoms with E-state index in [1.54, 1.807) is 24.3 Å². The van der Waals surface area contributed by atoms with Gasteiger partial charge in [-0.15, -0.1) is 0 Å². The fourth-order valence-corrected chi connectivity index (χ4v) is 5.03. The predicted molar refractivity (Wildman–Crippen MR) is 108 cm³/mol. The highest BCUT2D eigenvalue weighted by atomic mass is 32.2. The maximum atomic E-state index is 12.9. The Balaban J connectivity index is 1.71. The van der Waals surface area contributed by atoms with Crippen molar-refractivity contribution in [2.45, 2.75) is 30.7 Å². The minimum atomic E-state index is -3.51. The quantitative estimate of drug-likeness (QED) is 0.770. The Morgan fingerprint density at radius 1 is 1.00 bits per heavy atom. The second-order valence-electron chi connectivity index (χ2n) is 7.11. The van der Waals surface area contributed by atoms with Gasteiger partial charge in [-0.2, -0.15) is 4.31 Å². The third-order valence-electron chi connectivity index (χ3n) is 5.19. The van der Waals surface area contributed by atoms with Gasteiger partial charge in [-0.1, -0.05) is 48.0 Å². The molecule has 1 N–H and O–H groups in total. The van der Waals surface area contributed by atoms with E-state index < -0.39 is 16.0 Å². The van der Waals surface area contributed by atoms with Gasteiger partial charge in [-0.3, -0.25) is 9.69 Å². The van der Waals surface area contributed by atoms with E-state index in [0.29, 0.717) is 37.5 Å². The highest BCUT2D eigenvalue weighted by Crippen LogP contribution is 2.28. The van der Waals surface area contributed by atoms with Crippen LogP contribution in [0, 0.1) is 6.92 Å². The smallest absolute Gasteiger partial charge is 0.303 e. The highest BCUT2D eigenvalue weighted by Gasteiger charge is 2.31. The van der Waals surface area contributed by atoms with Crippen molar-refractivity contribution in [2.75, 3.05) is 26.2 Å². The van der Waals surface area contributed by atoms with E-state index in [4.69, 9.17) is 5.11 Å². The van der Waals surface area contributed by atoms with Crippen LogP contribution in [0.2, 0.25) is 0 Å². The Morgan fingerprint density at radius 3 is 2.18 bits per heavy atom. The molecule has 0 amide bonds. The molecule has 2 aromatic rings. The number of piperazine rings is 1. The molecule has 7 heteroatoms. The predicted octanol–water partition coefficient (Wildman–Crippen LogP) is 2.91. The molecule has 0 spiro atoms. The molecule has 1 heterocycles. The Hall–Kier alpha value is -2.22. The van der Waals surface area contributed by atoms with Crippen LogP contribution in [0.25, 0.3) is 0 Å². The molecular weight excluding hydrogens is 376 g/mol. The fourth-order valence-electron chi connectivity index (χ4n) is 3.61. The molecule has 0 aliphatic carbocycles. The summed E-state index contributed by atoms with van der Waals surface area (Å²) in [5.74, 6) is -0.818. The first-order valence-corrected chi connectivity index (χ1v) is 10.9. The summed E-state index contributed by atoms with van der Waals surface area (Å²) in [5, 5.41) is 9.10. The number of carboxylic acid groups (broad SMARTS) is 1. The summed E-state index contributed by atoms with van der Waals surface area (Å²) in [7, 11) is -3.51. The zero-order valence-corrected chi connectivity index (χ0v) is 16.8. The summed E-state index contributed by atoms with van der Waals surface area (Å²) in [6.45, 7) is 3.86. The largest absolute Gasteiger partial charge is 0.481 e. The number of carbonyl (C=O) groups is 1. The zero-order chi connectivity index (χ0) is 20.1. The van der Waals surface area contributed by atoms with E-state index in [1.807, 2.05) is 37.3 Å². The van der Waals surface area contributed by atoms with Gasteiger partial charge in [0, 0.05) is 38.6 Å². The van der Waals surface area contributed by atoms with Crippen molar-refractivity contribution < 1.29 is 18.3 Å². The second-order valence-corrected chi connectivity index (χ2v) is 9.05.